The highest BCUT2D eigenvalue weighted by atomic mass is 16.3. The van der Waals surface area contributed by atoms with Gasteiger partial charge >= 0.3 is 0 Å². The number of anilines is 2. The summed E-state index contributed by atoms with van der Waals surface area (Å²) in [6.45, 7) is 6.29. The molecule has 0 spiro atoms. The molecule has 2 N–H and O–H groups in total. The van der Waals surface area contributed by atoms with Gasteiger partial charge in [0.2, 0.25) is 0 Å². The summed E-state index contributed by atoms with van der Waals surface area (Å²) in [5, 5.41) is 23.4. The Balaban J connectivity index is 0.00000129. The highest BCUT2D eigenvalue weighted by Crippen LogP contribution is 2.41. The van der Waals surface area contributed by atoms with Crippen LogP contribution >= 0.6 is 0 Å². The van der Waals surface area contributed by atoms with Crippen LogP contribution < -0.4 is 5.32 Å². The first-order valence-corrected chi connectivity index (χ1v) is 13.4. The van der Waals surface area contributed by atoms with Crippen molar-refractivity contribution in [2.45, 2.75) is 26.7 Å². The number of aromatic hydroxyl groups is 1. The number of benzene rings is 7. The zero-order chi connectivity index (χ0) is 26.2. The van der Waals surface area contributed by atoms with Crippen molar-refractivity contribution in [3.8, 4) is 5.75 Å². The number of hydrogen-bond acceptors (Lipinski definition) is 2. The fourth-order valence-electron chi connectivity index (χ4n) is 5.66. The zero-order valence-corrected chi connectivity index (χ0v) is 22.0. The summed E-state index contributed by atoms with van der Waals surface area (Å²) in [5.74, 6) is 0.570. The van der Waals surface area contributed by atoms with Crippen LogP contribution in [0.4, 0.5) is 11.4 Å². The first-order valence-electron chi connectivity index (χ1n) is 13.4. The van der Waals surface area contributed by atoms with E-state index in [9.17, 15) is 5.11 Å². The lowest BCUT2D eigenvalue weighted by Crippen LogP contribution is -1.98. The van der Waals surface area contributed by atoms with Crippen molar-refractivity contribution in [1.29, 1.82) is 0 Å². The van der Waals surface area contributed by atoms with Gasteiger partial charge in [-0.05, 0) is 73.8 Å². The van der Waals surface area contributed by atoms with E-state index in [1.807, 2.05) is 44.2 Å². The van der Waals surface area contributed by atoms with Crippen LogP contribution in [0.15, 0.2) is 115 Å². The fraction of sp³-hybridized carbons (Fsp3) is 0.111. The number of rotatable bonds is 4. The van der Waals surface area contributed by atoms with E-state index >= 15 is 0 Å². The monoisotopic (exact) mass is 493 g/mol. The zero-order valence-electron chi connectivity index (χ0n) is 22.0. The van der Waals surface area contributed by atoms with Gasteiger partial charge in [-0.3, -0.25) is 0 Å². The van der Waals surface area contributed by atoms with E-state index in [0.29, 0.717) is 5.75 Å². The molecule has 7 rings (SSSR count). The lowest BCUT2D eigenvalue weighted by molar-refractivity contribution is 0.482. The number of para-hydroxylation sites is 1. The molecule has 0 saturated heterocycles. The van der Waals surface area contributed by atoms with Crippen LogP contribution in [0.5, 0.6) is 5.75 Å². The van der Waals surface area contributed by atoms with Crippen LogP contribution in [-0.4, -0.2) is 5.11 Å². The van der Waals surface area contributed by atoms with Gasteiger partial charge in [-0.1, -0.05) is 106 Å². The molecular weight excluding hydrogens is 462 g/mol. The maximum absolute atomic E-state index is 10.5. The van der Waals surface area contributed by atoms with E-state index in [1.54, 1.807) is 6.07 Å². The molecular formula is C36H31NO. The molecule has 0 amide bonds. The van der Waals surface area contributed by atoms with Crippen LogP contribution in [0.25, 0.3) is 43.1 Å². The number of phenolic OH excluding ortho intramolecular Hbond substituents is 1. The molecule has 1 atom stereocenters. The Labute approximate surface area is 223 Å². The fourth-order valence-corrected chi connectivity index (χ4v) is 5.66. The average Bonchev–Trinajstić information content (AvgIpc) is 2.97. The van der Waals surface area contributed by atoms with E-state index in [2.05, 4.69) is 91.1 Å². The molecule has 2 nitrogen and oxygen atoms in total. The molecule has 0 saturated carbocycles. The molecule has 0 aliphatic carbocycles. The standard InChI is InChI=1S/C34H25NO.C2H6/c1-21(24-7-8-26-20-28(14-9-25(26)19-24)35-27-5-3-2-4-6-27)29-15-10-22-12-17-31-32(36)18-13-23-11-16-30(29)33(22)34(23)31;1-2/h2-21,35-36H,1H3;1-2H3. The summed E-state index contributed by atoms with van der Waals surface area (Å²) in [5.41, 5.74) is 4.78. The quantitative estimate of drug-likeness (QED) is 0.239. The second-order valence-corrected chi connectivity index (χ2v) is 9.70. The Morgan fingerprint density at radius 3 is 1.95 bits per heavy atom. The first kappa shape index (κ1) is 23.8. The third-order valence-corrected chi connectivity index (χ3v) is 7.57. The Bertz CT molecular complexity index is 1890. The van der Waals surface area contributed by atoms with Crippen molar-refractivity contribution in [1.82, 2.24) is 0 Å². The van der Waals surface area contributed by atoms with Gasteiger partial charge in [0, 0.05) is 28.1 Å². The molecule has 0 radical (unpaired) electrons. The lowest BCUT2D eigenvalue weighted by atomic mass is 9.85. The Kier molecular flexibility index (Phi) is 6.09. The minimum Gasteiger partial charge on any atom is -0.507 e. The molecule has 0 aromatic heterocycles. The summed E-state index contributed by atoms with van der Waals surface area (Å²) in [7, 11) is 0. The third-order valence-electron chi connectivity index (χ3n) is 7.57. The Hall–Kier alpha value is -4.56. The molecule has 7 aromatic rings. The SMILES string of the molecule is CC.CC(c1ccc2cc(Nc3ccccc3)ccc2c1)c1ccc2ccc3c(O)ccc4ccc1c2c43. The van der Waals surface area contributed by atoms with Crippen molar-refractivity contribution in [3.63, 3.8) is 0 Å². The largest absolute Gasteiger partial charge is 0.507 e. The molecule has 186 valence electrons. The highest BCUT2D eigenvalue weighted by Gasteiger charge is 2.17. The number of phenols is 1. The number of hydrogen-bond donors (Lipinski definition) is 2. The van der Waals surface area contributed by atoms with Gasteiger partial charge < -0.3 is 10.4 Å². The minimum atomic E-state index is 0.231. The first-order chi connectivity index (χ1) is 18.7. The normalized spacial score (nSPS) is 12.1. The van der Waals surface area contributed by atoms with E-state index in [4.69, 9.17) is 0 Å². The van der Waals surface area contributed by atoms with Gasteiger partial charge in [-0.15, -0.1) is 0 Å². The van der Waals surface area contributed by atoms with Crippen LogP contribution in [0.2, 0.25) is 0 Å². The molecule has 0 aliphatic rings. The van der Waals surface area contributed by atoms with Crippen molar-refractivity contribution >= 4 is 54.5 Å². The average molecular weight is 494 g/mol. The third kappa shape index (κ3) is 3.99. The highest BCUT2D eigenvalue weighted by molar-refractivity contribution is 6.24. The predicted molar refractivity (Wildman–Crippen MR) is 164 cm³/mol. The topological polar surface area (TPSA) is 32.3 Å². The van der Waals surface area contributed by atoms with Gasteiger partial charge in [-0.25, -0.2) is 0 Å². The van der Waals surface area contributed by atoms with E-state index in [0.717, 1.165) is 27.5 Å². The van der Waals surface area contributed by atoms with Gasteiger partial charge in [0.15, 0.2) is 0 Å². The smallest absolute Gasteiger partial charge is 0.123 e. The van der Waals surface area contributed by atoms with Crippen molar-refractivity contribution in [2.75, 3.05) is 5.32 Å². The summed E-state index contributed by atoms with van der Waals surface area (Å²) < 4.78 is 0. The van der Waals surface area contributed by atoms with Crippen LogP contribution in [-0.2, 0) is 0 Å². The Morgan fingerprint density at radius 1 is 0.553 bits per heavy atom. The van der Waals surface area contributed by atoms with Crippen LogP contribution in [0.3, 0.4) is 0 Å². The van der Waals surface area contributed by atoms with E-state index in [-0.39, 0.29) is 5.92 Å². The van der Waals surface area contributed by atoms with E-state index < -0.39 is 0 Å². The summed E-state index contributed by atoms with van der Waals surface area (Å²) in [6.07, 6.45) is 0. The summed E-state index contributed by atoms with van der Waals surface area (Å²) in [4.78, 5) is 0. The molecule has 0 aliphatic heterocycles. The minimum absolute atomic E-state index is 0.231. The molecule has 7 aromatic carbocycles. The number of fused-ring (bicyclic) bond motifs is 1. The maximum Gasteiger partial charge on any atom is 0.123 e. The Morgan fingerprint density at radius 2 is 1.16 bits per heavy atom. The van der Waals surface area contributed by atoms with E-state index in [1.165, 1.54) is 38.1 Å². The molecule has 0 bridgehead atoms. The second-order valence-electron chi connectivity index (χ2n) is 9.70. The molecule has 0 fully saturated rings. The van der Waals surface area contributed by atoms with Crippen LogP contribution in [0, 0.1) is 0 Å². The lowest BCUT2D eigenvalue weighted by Gasteiger charge is -2.19. The van der Waals surface area contributed by atoms with Gasteiger partial charge in [0.05, 0.1) is 0 Å². The molecule has 38 heavy (non-hydrogen) atoms. The molecule has 1 unspecified atom stereocenters. The summed E-state index contributed by atoms with van der Waals surface area (Å²) >= 11 is 0. The second kappa shape index (κ2) is 9.72. The van der Waals surface area contributed by atoms with Crippen molar-refractivity contribution in [2.24, 2.45) is 0 Å². The predicted octanol–water partition coefficient (Wildman–Crippen LogP) is 10.4. The number of nitrogens with one attached hydrogen (secondary N) is 1. The van der Waals surface area contributed by atoms with Crippen molar-refractivity contribution in [3.05, 3.63) is 126 Å². The van der Waals surface area contributed by atoms with Gasteiger partial charge in [0.1, 0.15) is 5.75 Å². The van der Waals surface area contributed by atoms with Gasteiger partial charge in [0.25, 0.3) is 0 Å². The molecule has 0 heterocycles. The van der Waals surface area contributed by atoms with Crippen molar-refractivity contribution < 1.29 is 5.11 Å². The summed E-state index contributed by atoms with van der Waals surface area (Å²) in [6, 6.07) is 40.5. The molecule has 2 heteroatoms. The maximum atomic E-state index is 10.5. The van der Waals surface area contributed by atoms with Gasteiger partial charge in [-0.2, -0.15) is 0 Å². The van der Waals surface area contributed by atoms with Crippen LogP contribution in [0.1, 0.15) is 37.8 Å².